The number of nitrogens with zero attached hydrogens (tertiary/aromatic N) is 2. The van der Waals surface area contributed by atoms with Gasteiger partial charge in [-0.05, 0) is 26.0 Å². The molecule has 24 heavy (non-hydrogen) atoms. The molecule has 1 aromatic rings. The molecular formula is C20H22N2O2. The van der Waals surface area contributed by atoms with Crippen molar-refractivity contribution in [2.24, 2.45) is 0 Å². The minimum Gasteiger partial charge on any atom is -0.476 e. The average molecular weight is 322 g/mol. The molecule has 0 aliphatic heterocycles. The minimum atomic E-state index is -1.07. The number of hydrogen-bond acceptors (Lipinski definition) is 2. The van der Waals surface area contributed by atoms with Gasteiger partial charge in [0.1, 0.15) is 0 Å². The molecule has 0 aliphatic rings. The highest BCUT2D eigenvalue weighted by Crippen LogP contribution is 2.27. The molecule has 0 radical (unpaired) electrons. The normalized spacial score (nSPS) is 12.8. The SMILES string of the molecule is C=C/C=C\C(=C/C=C)n1nc(C(=O)O)c(C)c1C(/C=C\C)=C/C=C. The highest BCUT2D eigenvalue weighted by molar-refractivity contribution is 5.91. The second kappa shape index (κ2) is 9.10. The standard InChI is InChI=1S/C20H22N2O2/c1-6-10-14-17(13-9-4)22-19(16(11-7-2)12-8-3)15(5)18(21-22)20(23)24/h6-14H,1-2,4H2,3,5H3,(H,23,24)/b12-8-,14-10-,16-11+,17-13+. The van der Waals surface area contributed by atoms with Gasteiger partial charge in [0.25, 0.3) is 0 Å². The molecule has 4 nitrogen and oxygen atoms in total. The van der Waals surface area contributed by atoms with Crippen LogP contribution >= 0.6 is 0 Å². The van der Waals surface area contributed by atoms with Gasteiger partial charge in [-0.15, -0.1) is 0 Å². The van der Waals surface area contributed by atoms with E-state index in [0.29, 0.717) is 17.0 Å². The van der Waals surface area contributed by atoms with E-state index >= 15 is 0 Å². The van der Waals surface area contributed by atoms with Crippen molar-refractivity contribution in [1.29, 1.82) is 0 Å². The molecular weight excluding hydrogens is 300 g/mol. The molecule has 0 amide bonds. The van der Waals surface area contributed by atoms with E-state index in [9.17, 15) is 9.90 Å². The monoisotopic (exact) mass is 322 g/mol. The van der Waals surface area contributed by atoms with Gasteiger partial charge in [0.05, 0.1) is 11.4 Å². The van der Waals surface area contributed by atoms with Crippen LogP contribution in [0.15, 0.2) is 74.4 Å². The Labute approximate surface area is 142 Å². The van der Waals surface area contributed by atoms with Crippen LogP contribution in [0.25, 0.3) is 11.3 Å². The maximum atomic E-state index is 11.5. The lowest BCUT2D eigenvalue weighted by Crippen LogP contribution is -2.04. The third-order valence-corrected chi connectivity index (χ3v) is 3.18. The number of hydrogen-bond donors (Lipinski definition) is 1. The Hall–Kier alpha value is -3.14. The van der Waals surface area contributed by atoms with Gasteiger partial charge in [-0.25, -0.2) is 9.48 Å². The lowest BCUT2D eigenvalue weighted by molar-refractivity contribution is 0.0689. The van der Waals surface area contributed by atoms with Crippen molar-refractivity contribution in [2.75, 3.05) is 0 Å². The summed E-state index contributed by atoms with van der Waals surface area (Å²) in [5, 5.41) is 13.7. The number of carboxylic acid groups (broad SMARTS) is 1. The Morgan fingerprint density at radius 1 is 1.12 bits per heavy atom. The quantitative estimate of drug-likeness (QED) is 0.699. The second-order valence-electron chi connectivity index (χ2n) is 4.82. The van der Waals surface area contributed by atoms with Crippen molar-refractivity contribution in [3.63, 3.8) is 0 Å². The summed E-state index contributed by atoms with van der Waals surface area (Å²) in [6.45, 7) is 14.7. The number of aromatic carboxylic acids is 1. The highest BCUT2D eigenvalue weighted by Gasteiger charge is 2.21. The Bertz CT molecular complexity index is 772. The van der Waals surface area contributed by atoms with Gasteiger partial charge in [-0.2, -0.15) is 5.10 Å². The number of carbonyl (C=O) groups is 1. The van der Waals surface area contributed by atoms with Gasteiger partial charge in [0.15, 0.2) is 5.69 Å². The number of rotatable bonds is 8. The molecule has 0 fully saturated rings. The van der Waals surface area contributed by atoms with Gasteiger partial charge >= 0.3 is 5.97 Å². The molecule has 1 rings (SSSR count). The summed E-state index contributed by atoms with van der Waals surface area (Å²) in [5.74, 6) is -1.07. The van der Waals surface area contributed by atoms with E-state index in [1.807, 2.05) is 25.2 Å². The van der Waals surface area contributed by atoms with Gasteiger partial charge in [0, 0.05) is 11.1 Å². The maximum absolute atomic E-state index is 11.5. The van der Waals surface area contributed by atoms with Crippen LogP contribution in [0.4, 0.5) is 0 Å². The van der Waals surface area contributed by atoms with Gasteiger partial charge in [0.2, 0.25) is 0 Å². The fraction of sp³-hybridized carbons (Fsp3) is 0.100. The zero-order chi connectivity index (χ0) is 18.1. The van der Waals surface area contributed by atoms with E-state index in [4.69, 9.17) is 0 Å². The van der Waals surface area contributed by atoms with Crippen LogP contribution in [0.3, 0.4) is 0 Å². The van der Waals surface area contributed by atoms with Crippen LogP contribution < -0.4 is 0 Å². The Balaban J connectivity index is 3.81. The Kier molecular flexibility index (Phi) is 7.17. The molecule has 0 saturated heterocycles. The summed E-state index contributed by atoms with van der Waals surface area (Å²) >= 11 is 0. The van der Waals surface area contributed by atoms with Gasteiger partial charge in [-0.3, -0.25) is 0 Å². The molecule has 0 bridgehead atoms. The first kappa shape index (κ1) is 18.9. The molecule has 0 spiro atoms. The van der Waals surface area contributed by atoms with E-state index in [1.54, 1.807) is 48.1 Å². The van der Waals surface area contributed by atoms with Crippen LogP contribution in [0.1, 0.15) is 28.7 Å². The first-order valence-electron chi connectivity index (χ1n) is 7.42. The Morgan fingerprint density at radius 2 is 1.79 bits per heavy atom. The van der Waals surface area contributed by atoms with E-state index in [1.165, 1.54) is 0 Å². The summed E-state index contributed by atoms with van der Waals surface area (Å²) in [6, 6.07) is 0. The predicted octanol–water partition coefficient (Wildman–Crippen LogP) is 4.80. The topological polar surface area (TPSA) is 55.1 Å². The minimum absolute atomic E-state index is 0.00595. The molecule has 0 aromatic carbocycles. The van der Waals surface area contributed by atoms with Crippen molar-refractivity contribution in [2.45, 2.75) is 13.8 Å². The van der Waals surface area contributed by atoms with Crippen molar-refractivity contribution >= 4 is 17.2 Å². The first-order valence-corrected chi connectivity index (χ1v) is 7.42. The number of aromatic nitrogens is 2. The fourth-order valence-electron chi connectivity index (χ4n) is 2.23. The van der Waals surface area contributed by atoms with Crippen molar-refractivity contribution in [3.05, 3.63) is 91.4 Å². The summed E-state index contributed by atoms with van der Waals surface area (Å²) in [4.78, 5) is 11.5. The summed E-state index contributed by atoms with van der Waals surface area (Å²) in [6.07, 6.45) is 15.8. The third-order valence-electron chi connectivity index (χ3n) is 3.18. The molecule has 0 saturated carbocycles. The van der Waals surface area contributed by atoms with E-state index in [2.05, 4.69) is 24.8 Å². The molecule has 1 N–H and O–H groups in total. The lowest BCUT2D eigenvalue weighted by atomic mass is 10.1. The average Bonchev–Trinajstić information content (AvgIpc) is 2.88. The molecule has 0 aliphatic carbocycles. The van der Waals surface area contributed by atoms with Crippen LogP contribution in [-0.2, 0) is 0 Å². The van der Waals surface area contributed by atoms with E-state index < -0.39 is 5.97 Å². The molecule has 0 atom stereocenters. The highest BCUT2D eigenvalue weighted by atomic mass is 16.4. The van der Waals surface area contributed by atoms with Crippen molar-refractivity contribution in [1.82, 2.24) is 9.78 Å². The van der Waals surface area contributed by atoms with Crippen LogP contribution in [0, 0.1) is 6.92 Å². The first-order chi connectivity index (χ1) is 11.5. The van der Waals surface area contributed by atoms with Gasteiger partial charge < -0.3 is 5.11 Å². The maximum Gasteiger partial charge on any atom is 0.356 e. The fourth-order valence-corrected chi connectivity index (χ4v) is 2.23. The molecule has 4 heteroatoms. The summed E-state index contributed by atoms with van der Waals surface area (Å²) < 4.78 is 1.59. The largest absolute Gasteiger partial charge is 0.476 e. The smallest absolute Gasteiger partial charge is 0.356 e. The lowest BCUT2D eigenvalue weighted by Gasteiger charge is -2.10. The molecule has 0 unspecified atom stereocenters. The number of carboxylic acids is 1. The van der Waals surface area contributed by atoms with E-state index in [-0.39, 0.29) is 5.69 Å². The molecule has 124 valence electrons. The van der Waals surface area contributed by atoms with Gasteiger partial charge in [-0.1, -0.05) is 62.3 Å². The zero-order valence-corrected chi connectivity index (χ0v) is 14.1. The third kappa shape index (κ3) is 4.20. The summed E-state index contributed by atoms with van der Waals surface area (Å²) in [5.41, 5.74) is 2.76. The second-order valence-corrected chi connectivity index (χ2v) is 4.82. The van der Waals surface area contributed by atoms with Crippen molar-refractivity contribution < 1.29 is 9.90 Å². The predicted molar refractivity (Wildman–Crippen MR) is 101 cm³/mol. The number of allylic oxidation sites excluding steroid dienone is 11. The van der Waals surface area contributed by atoms with Crippen LogP contribution in [0.5, 0.6) is 0 Å². The van der Waals surface area contributed by atoms with Crippen LogP contribution in [-0.4, -0.2) is 20.9 Å². The molecule has 1 heterocycles. The van der Waals surface area contributed by atoms with Crippen LogP contribution in [0.2, 0.25) is 0 Å². The Morgan fingerprint density at radius 3 is 2.29 bits per heavy atom. The van der Waals surface area contributed by atoms with Crippen molar-refractivity contribution in [3.8, 4) is 0 Å². The summed E-state index contributed by atoms with van der Waals surface area (Å²) in [7, 11) is 0. The van der Waals surface area contributed by atoms with E-state index in [0.717, 1.165) is 5.57 Å². The molecule has 1 aromatic heterocycles. The zero-order valence-electron chi connectivity index (χ0n) is 14.1.